The molecular formula is C24H24N2O6S. The molecule has 0 aliphatic rings. The number of rotatable bonds is 10. The molecule has 0 heterocycles. The summed E-state index contributed by atoms with van der Waals surface area (Å²) in [6.07, 6.45) is 0. The molecule has 8 nitrogen and oxygen atoms in total. The van der Waals surface area contributed by atoms with Gasteiger partial charge in [0.05, 0.1) is 17.1 Å². The molecule has 0 aliphatic carbocycles. The Morgan fingerprint density at radius 2 is 1.55 bits per heavy atom. The third kappa shape index (κ3) is 7.08. The number of sulfonamides is 1. The van der Waals surface area contributed by atoms with Crippen LogP contribution < -0.4 is 14.8 Å². The number of amides is 1. The lowest BCUT2D eigenvalue weighted by Crippen LogP contribution is -2.28. The van der Waals surface area contributed by atoms with Gasteiger partial charge in [-0.1, -0.05) is 30.3 Å². The van der Waals surface area contributed by atoms with Gasteiger partial charge in [0.25, 0.3) is 15.9 Å². The van der Waals surface area contributed by atoms with Crippen molar-refractivity contribution in [1.29, 1.82) is 0 Å². The van der Waals surface area contributed by atoms with Crippen molar-refractivity contribution >= 4 is 27.6 Å². The quantitative estimate of drug-likeness (QED) is 0.442. The lowest BCUT2D eigenvalue weighted by molar-refractivity contribution is -0.124. The van der Waals surface area contributed by atoms with Crippen LogP contribution in [0.2, 0.25) is 0 Å². The summed E-state index contributed by atoms with van der Waals surface area (Å²) >= 11 is 0. The molecule has 3 rings (SSSR count). The van der Waals surface area contributed by atoms with E-state index in [9.17, 15) is 18.0 Å². The fourth-order valence-corrected chi connectivity index (χ4v) is 3.89. The number of nitrogens with one attached hydrogen (secondary N) is 2. The molecule has 0 aliphatic heterocycles. The second-order valence-corrected chi connectivity index (χ2v) is 8.61. The Kier molecular flexibility index (Phi) is 8.04. The third-order valence-electron chi connectivity index (χ3n) is 4.48. The fourth-order valence-electron chi connectivity index (χ4n) is 2.83. The monoisotopic (exact) mass is 468 g/mol. The fraction of sp³-hybridized carbons (Fsp3) is 0.167. The Balaban J connectivity index is 1.51. The first kappa shape index (κ1) is 23.8. The van der Waals surface area contributed by atoms with E-state index in [2.05, 4.69) is 10.0 Å². The van der Waals surface area contributed by atoms with E-state index in [4.69, 9.17) is 9.47 Å². The molecule has 33 heavy (non-hydrogen) atoms. The van der Waals surface area contributed by atoms with Crippen LogP contribution in [0.1, 0.15) is 22.8 Å². The van der Waals surface area contributed by atoms with Crippen molar-refractivity contribution in [2.45, 2.75) is 18.4 Å². The average molecular weight is 469 g/mol. The van der Waals surface area contributed by atoms with Gasteiger partial charge >= 0.3 is 5.97 Å². The Labute approximate surface area is 192 Å². The van der Waals surface area contributed by atoms with E-state index in [1.54, 1.807) is 12.1 Å². The average Bonchev–Trinajstić information content (AvgIpc) is 2.82. The van der Waals surface area contributed by atoms with E-state index >= 15 is 0 Å². The van der Waals surface area contributed by atoms with E-state index in [1.165, 1.54) is 36.4 Å². The first-order valence-electron chi connectivity index (χ1n) is 10.2. The highest BCUT2D eigenvalue weighted by molar-refractivity contribution is 7.92. The molecular weight excluding hydrogens is 444 g/mol. The summed E-state index contributed by atoms with van der Waals surface area (Å²) in [6.45, 7) is 2.24. The Hall–Kier alpha value is -3.85. The summed E-state index contributed by atoms with van der Waals surface area (Å²) < 4.78 is 37.9. The van der Waals surface area contributed by atoms with Crippen molar-refractivity contribution in [1.82, 2.24) is 5.32 Å². The summed E-state index contributed by atoms with van der Waals surface area (Å²) in [5.41, 5.74) is 1.40. The van der Waals surface area contributed by atoms with Crippen molar-refractivity contribution in [2.75, 3.05) is 17.9 Å². The van der Waals surface area contributed by atoms with Gasteiger partial charge in [0.2, 0.25) is 0 Å². The SMILES string of the molecule is CCOc1ccc(S(=O)(=O)Nc2ccc(C(=O)OCC(=O)NCc3ccccc3)cc2)cc1. The zero-order chi connectivity index (χ0) is 23.7. The van der Waals surface area contributed by atoms with Crippen LogP contribution >= 0.6 is 0 Å². The number of carbonyl (C=O) groups is 2. The van der Waals surface area contributed by atoms with Gasteiger partial charge in [0.15, 0.2) is 6.61 Å². The van der Waals surface area contributed by atoms with Crippen molar-refractivity contribution in [3.63, 3.8) is 0 Å². The van der Waals surface area contributed by atoms with Gasteiger partial charge in [-0.15, -0.1) is 0 Å². The van der Waals surface area contributed by atoms with Crippen LogP contribution in [0.4, 0.5) is 5.69 Å². The molecule has 1 amide bonds. The van der Waals surface area contributed by atoms with Crippen LogP contribution in [0.3, 0.4) is 0 Å². The number of anilines is 1. The maximum absolute atomic E-state index is 12.5. The number of esters is 1. The van der Waals surface area contributed by atoms with Crippen LogP contribution in [-0.2, 0) is 26.1 Å². The number of ether oxygens (including phenoxy) is 2. The third-order valence-corrected chi connectivity index (χ3v) is 5.88. The van der Waals surface area contributed by atoms with E-state index in [0.717, 1.165) is 5.56 Å². The summed E-state index contributed by atoms with van der Waals surface area (Å²) in [6, 6.07) is 21.1. The first-order valence-corrected chi connectivity index (χ1v) is 11.7. The van der Waals surface area contributed by atoms with Crippen LogP contribution in [0.5, 0.6) is 5.75 Å². The van der Waals surface area contributed by atoms with Gasteiger partial charge in [0, 0.05) is 12.2 Å². The zero-order valence-corrected chi connectivity index (χ0v) is 18.8. The van der Waals surface area contributed by atoms with E-state index in [1.807, 2.05) is 37.3 Å². The van der Waals surface area contributed by atoms with E-state index in [-0.39, 0.29) is 16.1 Å². The lowest BCUT2D eigenvalue weighted by Gasteiger charge is -2.10. The van der Waals surface area contributed by atoms with Crippen LogP contribution in [0.25, 0.3) is 0 Å². The summed E-state index contributed by atoms with van der Waals surface area (Å²) in [5.74, 6) is -0.536. The van der Waals surface area contributed by atoms with Gasteiger partial charge in [-0.25, -0.2) is 13.2 Å². The minimum absolute atomic E-state index is 0.0796. The highest BCUT2D eigenvalue weighted by Crippen LogP contribution is 2.20. The summed E-state index contributed by atoms with van der Waals surface area (Å²) in [4.78, 5) is 24.1. The number of hydrogen-bond acceptors (Lipinski definition) is 6. The van der Waals surface area contributed by atoms with Crippen molar-refractivity contribution < 1.29 is 27.5 Å². The molecule has 3 aromatic rings. The second-order valence-electron chi connectivity index (χ2n) is 6.93. The molecule has 0 saturated heterocycles. The summed E-state index contributed by atoms with van der Waals surface area (Å²) in [5, 5.41) is 2.67. The molecule has 172 valence electrons. The number of hydrogen-bond donors (Lipinski definition) is 2. The van der Waals surface area contributed by atoms with Gasteiger partial charge in [-0.2, -0.15) is 0 Å². The van der Waals surface area contributed by atoms with Crippen molar-refractivity contribution in [3.05, 3.63) is 90.0 Å². The number of benzene rings is 3. The molecule has 0 aromatic heterocycles. The molecule has 9 heteroatoms. The largest absolute Gasteiger partial charge is 0.494 e. The van der Waals surface area contributed by atoms with Gasteiger partial charge in [-0.05, 0) is 61.0 Å². The molecule has 0 atom stereocenters. The van der Waals surface area contributed by atoms with Gasteiger partial charge in [-0.3, -0.25) is 9.52 Å². The molecule has 3 aromatic carbocycles. The second kappa shape index (κ2) is 11.1. The van der Waals surface area contributed by atoms with E-state index in [0.29, 0.717) is 18.9 Å². The molecule has 0 radical (unpaired) electrons. The predicted molar refractivity (Wildman–Crippen MR) is 123 cm³/mol. The Bertz CT molecular complexity index is 1180. The van der Waals surface area contributed by atoms with Crippen molar-refractivity contribution in [2.24, 2.45) is 0 Å². The summed E-state index contributed by atoms with van der Waals surface area (Å²) in [7, 11) is -3.80. The minimum Gasteiger partial charge on any atom is -0.494 e. The molecule has 2 N–H and O–H groups in total. The highest BCUT2D eigenvalue weighted by Gasteiger charge is 2.15. The minimum atomic E-state index is -3.80. The van der Waals surface area contributed by atoms with Crippen LogP contribution in [0.15, 0.2) is 83.8 Å². The molecule has 0 saturated carbocycles. The highest BCUT2D eigenvalue weighted by atomic mass is 32.2. The van der Waals surface area contributed by atoms with Gasteiger partial charge < -0.3 is 14.8 Å². The predicted octanol–water partition coefficient (Wildman–Crippen LogP) is 3.36. The molecule has 0 fully saturated rings. The number of carbonyl (C=O) groups excluding carboxylic acids is 2. The maximum atomic E-state index is 12.5. The van der Waals surface area contributed by atoms with Crippen molar-refractivity contribution in [3.8, 4) is 5.75 Å². The smallest absolute Gasteiger partial charge is 0.338 e. The van der Waals surface area contributed by atoms with Crippen LogP contribution in [-0.4, -0.2) is 33.5 Å². The standard InChI is InChI=1S/C24H24N2O6S/c1-2-31-21-12-14-22(15-13-21)33(29,30)26-20-10-8-19(9-11-20)24(28)32-17-23(27)25-16-18-6-4-3-5-7-18/h3-15,26H,2,16-17H2,1H3,(H,25,27). The maximum Gasteiger partial charge on any atom is 0.338 e. The molecule has 0 spiro atoms. The molecule has 0 unspecified atom stereocenters. The lowest BCUT2D eigenvalue weighted by atomic mass is 10.2. The van der Waals surface area contributed by atoms with Crippen LogP contribution in [0, 0.1) is 0 Å². The topological polar surface area (TPSA) is 111 Å². The zero-order valence-electron chi connectivity index (χ0n) is 18.0. The molecule has 0 bridgehead atoms. The first-order chi connectivity index (χ1) is 15.9. The Morgan fingerprint density at radius 3 is 2.18 bits per heavy atom. The van der Waals surface area contributed by atoms with E-state index < -0.39 is 28.5 Å². The normalized spacial score (nSPS) is 10.8. The Morgan fingerprint density at radius 1 is 0.879 bits per heavy atom. The van der Waals surface area contributed by atoms with Gasteiger partial charge in [0.1, 0.15) is 5.75 Å².